The summed E-state index contributed by atoms with van der Waals surface area (Å²) in [6.45, 7) is 5.20. The molecule has 0 saturated heterocycles. The number of hydrogen-bond donors (Lipinski definition) is 1. The van der Waals surface area contributed by atoms with Crippen molar-refractivity contribution in [2.24, 2.45) is 0 Å². The van der Waals surface area contributed by atoms with Gasteiger partial charge in [0.05, 0.1) is 6.10 Å². The van der Waals surface area contributed by atoms with Gasteiger partial charge in [-0.1, -0.05) is 18.2 Å². The van der Waals surface area contributed by atoms with Gasteiger partial charge in [-0.2, -0.15) is 0 Å². The van der Waals surface area contributed by atoms with Crippen LogP contribution in [-0.4, -0.2) is 5.11 Å². The SMILES string of the molecule is Cc1cc(Oc2ccccc2C)c(C(C)O)cc1F. The van der Waals surface area contributed by atoms with Crippen molar-refractivity contribution in [2.45, 2.75) is 26.9 Å². The molecule has 19 heavy (non-hydrogen) atoms. The van der Waals surface area contributed by atoms with Gasteiger partial charge in [0, 0.05) is 5.56 Å². The predicted octanol–water partition coefficient (Wildman–Crippen LogP) is 4.29. The van der Waals surface area contributed by atoms with Gasteiger partial charge in [0.2, 0.25) is 0 Å². The van der Waals surface area contributed by atoms with Crippen LogP contribution in [-0.2, 0) is 0 Å². The minimum atomic E-state index is -0.783. The highest BCUT2D eigenvalue weighted by molar-refractivity contribution is 5.44. The molecule has 0 amide bonds. The van der Waals surface area contributed by atoms with Gasteiger partial charge < -0.3 is 9.84 Å². The minimum Gasteiger partial charge on any atom is -0.457 e. The van der Waals surface area contributed by atoms with Gasteiger partial charge in [-0.15, -0.1) is 0 Å². The standard InChI is InChI=1S/C16H17FO2/c1-10-6-4-5-7-15(10)19-16-8-11(2)14(17)9-13(16)12(3)18/h4-9,12,18H,1-3H3. The van der Waals surface area contributed by atoms with E-state index in [4.69, 9.17) is 4.74 Å². The van der Waals surface area contributed by atoms with Gasteiger partial charge in [0.25, 0.3) is 0 Å². The molecule has 2 rings (SSSR count). The van der Waals surface area contributed by atoms with Gasteiger partial charge in [0.15, 0.2) is 0 Å². The average Bonchev–Trinajstić information content (AvgIpc) is 2.36. The highest BCUT2D eigenvalue weighted by Gasteiger charge is 2.14. The molecular formula is C16H17FO2. The number of aliphatic hydroxyl groups excluding tert-OH is 1. The van der Waals surface area contributed by atoms with Crippen LogP contribution >= 0.6 is 0 Å². The Kier molecular flexibility index (Phi) is 3.86. The van der Waals surface area contributed by atoms with Crippen LogP contribution in [0.5, 0.6) is 11.5 Å². The Bertz CT molecular complexity index is 591. The van der Waals surface area contributed by atoms with Crippen LogP contribution in [0.3, 0.4) is 0 Å². The monoisotopic (exact) mass is 260 g/mol. The molecular weight excluding hydrogens is 243 g/mol. The summed E-state index contributed by atoms with van der Waals surface area (Å²) in [6, 6.07) is 10.5. The molecule has 0 aliphatic heterocycles. The molecule has 2 aromatic rings. The van der Waals surface area contributed by atoms with Crippen LogP contribution in [0.15, 0.2) is 36.4 Å². The molecule has 0 spiro atoms. The van der Waals surface area contributed by atoms with E-state index in [1.165, 1.54) is 6.07 Å². The lowest BCUT2D eigenvalue weighted by Crippen LogP contribution is -1.99. The normalized spacial score (nSPS) is 12.3. The molecule has 2 nitrogen and oxygen atoms in total. The summed E-state index contributed by atoms with van der Waals surface area (Å²) in [5.41, 5.74) is 1.93. The number of aryl methyl sites for hydroxylation is 2. The second-order valence-electron chi connectivity index (χ2n) is 4.68. The smallest absolute Gasteiger partial charge is 0.133 e. The molecule has 0 radical (unpaired) electrons. The number of benzene rings is 2. The number of halogens is 1. The number of para-hydroxylation sites is 1. The number of hydrogen-bond acceptors (Lipinski definition) is 2. The summed E-state index contributed by atoms with van der Waals surface area (Å²) >= 11 is 0. The van der Waals surface area contributed by atoms with E-state index in [2.05, 4.69) is 0 Å². The third-order valence-corrected chi connectivity index (χ3v) is 3.05. The Morgan fingerprint density at radius 1 is 1.05 bits per heavy atom. The van der Waals surface area contributed by atoms with E-state index in [9.17, 15) is 9.50 Å². The van der Waals surface area contributed by atoms with Gasteiger partial charge >= 0.3 is 0 Å². The fourth-order valence-electron chi connectivity index (χ4n) is 1.87. The number of ether oxygens (including phenoxy) is 1. The van der Waals surface area contributed by atoms with E-state index in [1.54, 1.807) is 19.9 Å². The summed E-state index contributed by atoms with van der Waals surface area (Å²) in [7, 11) is 0. The van der Waals surface area contributed by atoms with E-state index < -0.39 is 6.10 Å². The molecule has 0 heterocycles. The van der Waals surface area contributed by atoms with Crippen molar-refractivity contribution < 1.29 is 14.2 Å². The van der Waals surface area contributed by atoms with Gasteiger partial charge in [-0.25, -0.2) is 4.39 Å². The molecule has 1 atom stereocenters. The summed E-state index contributed by atoms with van der Waals surface area (Å²) in [5.74, 6) is 0.853. The molecule has 0 aliphatic carbocycles. The number of aliphatic hydroxyl groups is 1. The second-order valence-corrected chi connectivity index (χ2v) is 4.68. The maximum atomic E-state index is 13.6. The van der Waals surface area contributed by atoms with Crippen molar-refractivity contribution in [1.29, 1.82) is 0 Å². The molecule has 0 bridgehead atoms. The van der Waals surface area contributed by atoms with Crippen molar-refractivity contribution in [2.75, 3.05) is 0 Å². The van der Waals surface area contributed by atoms with E-state index in [0.717, 1.165) is 5.56 Å². The van der Waals surface area contributed by atoms with E-state index in [1.807, 2.05) is 31.2 Å². The first-order chi connectivity index (χ1) is 8.99. The molecule has 100 valence electrons. The first kappa shape index (κ1) is 13.6. The molecule has 0 fully saturated rings. The lowest BCUT2D eigenvalue weighted by molar-refractivity contribution is 0.195. The molecule has 2 aromatic carbocycles. The van der Waals surface area contributed by atoms with Crippen molar-refractivity contribution in [3.8, 4) is 11.5 Å². The Morgan fingerprint density at radius 3 is 2.37 bits per heavy atom. The maximum absolute atomic E-state index is 13.6. The zero-order chi connectivity index (χ0) is 14.0. The van der Waals surface area contributed by atoms with Crippen molar-refractivity contribution in [3.05, 3.63) is 58.9 Å². The van der Waals surface area contributed by atoms with Crippen molar-refractivity contribution in [3.63, 3.8) is 0 Å². The lowest BCUT2D eigenvalue weighted by atomic mass is 10.1. The Balaban J connectivity index is 2.45. The van der Waals surface area contributed by atoms with E-state index >= 15 is 0 Å². The van der Waals surface area contributed by atoms with E-state index in [-0.39, 0.29) is 5.82 Å². The van der Waals surface area contributed by atoms with Gasteiger partial charge in [-0.3, -0.25) is 0 Å². The first-order valence-corrected chi connectivity index (χ1v) is 6.20. The summed E-state index contributed by atoms with van der Waals surface area (Å²) in [4.78, 5) is 0. The summed E-state index contributed by atoms with van der Waals surface area (Å²) < 4.78 is 19.4. The van der Waals surface area contributed by atoms with E-state index in [0.29, 0.717) is 22.6 Å². The maximum Gasteiger partial charge on any atom is 0.133 e. The van der Waals surface area contributed by atoms with Crippen LogP contribution < -0.4 is 4.74 Å². The van der Waals surface area contributed by atoms with Crippen LogP contribution in [0.1, 0.15) is 29.7 Å². The molecule has 0 aliphatic rings. The second kappa shape index (κ2) is 5.41. The highest BCUT2D eigenvalue weighted by atomic mass is 19.1. The zero-order valence-corrected chi connectivity index (χ0v) is 11.3. The summed E-state index contributed by atoms with van der Waals surface area (Å²) in [5, 5.41) is 9.72. The Hall–Kier alpha value is -1.87. The van der Waals surface area contributed by atoms with Gasteiger partial charge in [-0.05, 0) is 50.1 Å². The highest BCUT2D eigenvalue weighted by Crippen LogP contribution is 2.33. The Labute approximate surface area is 112 Å². The Morgan fingerprint density at radius 2 is 1.74 bits per heavy atom. The molecule has 1 N–H and O–H groups in total. The fraction of sp³-hybridized carbons (Fsp3) is 0.250. The quantitative estimate of drug-likeness (QED) is 0.892. The van der Waals surface area contributed by atoms with Crippen molar-refractivity contribution in [1.82, 2.24) is 0 Å². The minimum absolute atomic E-state index is 0.340. The van der Waals surface area contributed by atoms with Crippen LogP contribution in [0.25, 0.3) is 0 Å². The molecule has 1 unspecified atom stereocenters. The number of rotatable bonds is 3. The summed E-state index contributed by atoms with van der Waals surface area (Å²) in [6.07, 6.45) is -0.783. The molecule has 3 heteroatoms. The largest absolute Gasteiger partial charge is 0.457 e. The third-order valence-electron chi connectivity index (χ3n) is 3.05. The zero-order valence-electron chi connectivity index (χ0n) is 11.3. The topological polar surface area (TPSA) is 29.5 Å². The third kappa shape index (κ3) is 2.93. The molecule has 0 saturated carbocycles. The predicted molar refractivity (Wildman–Crippen MR) is 73.0 cm³/mol. The van der Waals surface area contributed by atoms with Crippen LogP contribution in [0.4, 0.5) is 4.39 Å². The van der Waals surface area contributed by atoms with Crippen molar-refractivity contribution >= 4 is 0 Å². The molecule has 0 aromatic heterocycles. The first-order valence-electron chi connectivity index (χ1n) is 6.20. The van der Waals surface area contributed by atoms with Gasteiger partial charge in [0.1, 0.15) is 17.3 Å². The average molecular weight is 260 g/mol. The van der Waals surface area contributed by atoms with Crippen LogP contribution in [0, 0.1) is 19.7 Å². The lowest BCUT2D eigenvalue weighted by Gasteiger charge is -2.15. The fourth-order valence-corrected chi connectivity index (χ4v) is 1.87. The van der Waals surface area contributed by atoms with Crippen LogP contribution in [0.2, 0.25) is 0 Å².